The van der Waals surface area contributed by atoms with Crippen molar-refractivity contribution < 1.29 is 14.3 Å². The summed E-state index contributed by atoms with van der Waals surface area (Å²) in [6, 6.07) is 1.86. The van der Waals surface area contributed by atoms with Gasteiger partial charge in [-0.1, -0.05) is 0 Å². The molecule has 5 nitrogen and oxygen atoms in total. The highest BCUT2D eigenvalue weighted by molar-refractivity contribution is 7.08. The average molecular weight is 334 g/mol. The Morgan fingerprint density at radius 1 is 1.35 bits per heavy atom. The lowest BCUT2D eigenvalue weighted by atomic mass is 9.85. The number of ether oxygens (including phenoxy) is 1. The third-order valence-electron chi connectivity index (χ3n) is 5.06. The first-order valence-corrected chi connectivity index (χ1v) is 9.30. The lowest BCUT2D eigenvalue weighted by Crippen LogP contribution is -2.63. The Balaban J connectivity index is 1.23. The number of carbonyl (C=O) groups is 2. The van der Waals surface area contributed by atoms with Crippen molar-refractivity contribution in [3.63, 3.8) is 0 Å². The van der Waals surface area contributed by atoms with Gasteiger partial charge in [-0.25, -0.2) is 0 Å². The van der Waals surface area contributed by atoms with Crippen LogP contribution in [0.2, 0.25) is 0 Å². The molecule has 0 aromatic carbocycles. The van der Waals surface area contributed by atoms with Gasteiger partial charge in [-0.2, -0.15) is 11.3 Å². The zero-order valence-corrected chi connectivity index (χ0v) is 13.9. The van der Waals surface area contributed by atoms with E-state index in [1.54, 1.807) is 0 Å². The molecule has 3 aliphatic rings. The van der Waals surface area contributed by atoms with Crippen LogP contribution in [0.5, 0.6) is 0 Å². The molecule has 1 N–H and O–H groups in total. The molecule has 0 bridgehead atoms. The van der Waals surface area contributed by atoms with Crippen molar-refractivity contribution in [2.24, 2.45) is 11.8 Å². The molecule has 4 rings (SSSR count). The van der Waals surface area contributed by atoms with Crippen LogP contribution in [0.3, 0.4) is 0 Å². The summed E-state index contributed by atoms with van der Waals surface area (Å²) >= 11 is 1.54. The van der Waals surface area contributed by atoms with Crippen LogP contribution in [0, 0.1) is 11.8 Å². The van der Waals surface area contributed by atoms with Crippen LogP contribution >= 0.6 is 11.3 Å². The first-order valence-electron chi connectivity index (χ1n) is 8.36. The zero-order valence-electron chi connectivity index (χ0n) is 13.1. The van der Waals surface area contributed by atoms with E-state index >= 15 is 0 Å². The SMILES string of the molecule is O=C(CC1COC2(C1)CN(C(=O)c1ccsc1)C2)NCC1CC1. The van der Waals surface area contributed by atoms with Crippen LogP contribution < -0.4 is 5.32 Å². The maximum atomic E-state index is 12.3. The van der Waals surface area contributed by atoms with Gasteiger partial charge >= 0.3 is 0 Å². The smallest absolute Gasteiger partial charge is 0.254 e. The number of nitrogens with zero attached hydrogens (tertiary/aromatic N) is 1. The first kappa shape index (κ1) is 15.1. The largest absolute Gasteiger partial charge is 0.371 e. The molecule has 6 heteroatoms. The summed E-state index contributed by atoms with van der Waals surface area (Å²) in [6.07, 6.45) is 3.94. The molecule has 3 fully saturated rings. The zero-order chi connectivity index (χ0) is 15.9. The van der Waals surface area contributed by atoms with Crippen molar-refractivity contribution in [3.8, 4) is 0 Å². The molecule has 0 radical (unpaired) electrons. The minimum Gasteiger partial charge on any atom is -0.371 e. The van der Waals surface area contributed by atoms with Gasteiger partial charge in [0.25, 0.3) is 5.91 Å². The second-order valence-electron chi connectivity index (χ2n) is 7.19. The van der Waals surface area contributed by atoms with E-state index in [1.165, 1.54) is 24.2 Å². The van der Waals surface area contributed by atoms with Gasteiger partial charge in [0.15, 0.2) is 0 Å². The maximum absolute atomic E-state index is 12.3. The summed E-state index contributed by atoms with van der Waals surface area (Å²) in [5.41, 5.74) is 0.562. The highest BCUT2D eigenvalue weighted by Crippen LogP contribution is 2.39. The number of nitrogens with one attached hydrogen (secondary N) is 1. The van der Waals surface area contributed by atoms with Crippen molar-refractivity contribution in [3.05, 3.63) is 22.4 Å². The lowest BCUT2D eigenvalue weighted by Gasteiger charge is -2.47. The van der Waals surface area contributed by atoms with Crippen LogP contribution in [-0.2, 0) is 9.53 Å². The molecule has 1 unspecified atom stereocenters. The van der Waals surface area contributed by atoms with Crippen molar-refractivity contribution >= 4 is 23.2 Å². The van der Waals surface area contributed by atoms with Gasteiger partial charge in [0.1, 0.15) is 5.60 Å². The highest BCUT2D eigenvalue weighted by atomic mass is 32.1. The molecule has 1 aromatic rings. The highest BCUT2D eigenvalue weighted by Gasteiger charge is 2.51. The predicted molar refractivity (Wildman–Crippen MR) is 87.4 cm³/mol. The quantitative estimate of drug-likeness (QED) is 0.895. The number of rotatable bonds is 5. The van der Waals surface area contributed by atoms with Crippen molar-refractivity contribution in [2.45, 2.75) is 31.3 Å². The molecule has 1 saturated carbocycles. The van der Waals surface area contributed by atoms with E-state index in [4.69, 9.17) is 4.74 Å². The topological polar surface area (TPSA) is 58.6 Å². The molecule has 2 saturated heterocycles. The summed E-state index contributed by atoms with van der Waals surface area (Å²) in [6.45, 7) is 2.78. The van der Waals surface area contributed by atoms with Crippen LogP contribution in [0.4, 0.5) is 0 Å². The van der Waals surface area contributed by atoms with E-state index in [0.717, 1.165) is 18.5 Å². The molecule has 1 atom stereocenters. The first-order chi connectivity index (χ1) is 11.1. The Bertz CT molecular complexity index is 591. The Labute approximate surface area is 140 Å². The minimum absolute atomic E-state index is 0.0890. The summed E-state index contributed by atoms with van der Waals surface area (Å²) in [5.74, 6) is 1.24. The van der Waals surface area contributed by atoms with E-state index in [9.17, 15) is 9.59 Å². The minimum atomic E-state index is -0.201. The molecule has 1 spiro atoms. The number of amides is 2. The average Bonchev–Trinajstić information content (AvgIpc) is 3.00. The fourth-order valence-corrected chi connectivity index (χ4v) is 4.20. The maximum Gasteiger partial charge on any atom is 0.254 e. The molecular weight excluding hydrogens is 312 g/mol. The molecule has 3 heterocycles. The standard InChI is InChI=1S/C17H22N2O3S/c20-15(18-7-12-1-2-12)5-13-6-17(22-8-13)10-19(11-17)16(21)14-3-4-23-9-14/h3-4,9,12-13H,1-2,5-8,10-11H2,(H,18,20). The van der Waals surface area contributed by atoms with E-state index in [0.29, 0.717) is 32.0 Å². The lowest BCUT2D eigenvalue weighted by molar-refractivity contribution is -0.122. The van der Waals surface area contributed by atoms with Crippen molar-refractivity contribution in [1.29, 1.82) is 0 Å². The number of likely N-dealkylation sites (tertiary alicyclic amines) is 1. The number of carbonyl (C=O) groups excluding carboxylic acids is 2. The third-order valence-corrected chi connectivity index (χ3v) is 5.74. The second kappa shape index (κ2) is 5.91. The molecule has 2 aliphatic heterocycles. The van der Waals surface area contributed by atoms with E-state index in [1.807, 2.05) is 21.7 Å². The third kappa shape index (κ3) is 3.28. The predicted octanol–water partition coefficient (Wildman–Crippen LogP) is 1.90. The Hall–Kier alpha value is -1.40. The second-order valence-corrected chi connectivity index (χ2v) is 7.97. The molecule has 1 aliphatic carbocycles. The van der Waals surface area contributed by atoms with E-state index < -0.39 is 0 Å². The van der Waals surface area contributed by atoms with Gasteiger partial charge in [0.05, 0.1) is 25.3 Å². The molecule has 124 valence electrons. The molecule has 1 aromatic heterocycles. The summed E-state index contributed by atoms with van der Waals surface area (Å²) in [7, 11) is 0. The van der Waals surface area contributed by atoms with Crippen LogP contribution in [0.25, 0.3) is 0 Å². The van der Waals surface area contributed by atoms with Gasteiger partial charge < -0.3 is 15.0 Å². The van der Waals surface area contributed by atoms with E-state index in [2.05, 4.69) is 5.32 Å². The number of hydrogen-bond acceptors (Lipinski definition) is 4. The van der Waals surface area contributed by atoms with Gasteiger partial charge in [-0.3, -0.25) is 9.59 Å². The molecule has 23 heavy (non-hydrogen) atoms. The normalized spacial score (nSPS) is 25.4. The Morgan fingerprint density at radius 3 is 2.87 bits per heavy atom. The fraction of sp³-hybridized carbons (Fsp3) is 0.647. The number of hydrogen-bond donors (Lipinski definition) is 1. The van der Waals surface area contributed by atoms with Crippen LogP contribution in [-0.4, -0.2) is 48.6 Å². The van der Waals surface area contributed by atoms with Crippen LogP contribution in [0.1, 0.15) is 36.0 Å². The van der Waals surface area contributed by atoms with Gasteiger partial charge in [-0.15, -0.1) is 0 Å². The number of thiophene rings is 1. The van der Waals surface area contributed by atoms with Gasteiger partial charge in [-0.05, 0) is 42.5 Å². The summed E-state index contributed by atoms with van der Waals surface area (Å²) in [5, 5.41) is 6.83. The van der Waals surface area contributed by atoms with E-state index in [-0.39, 0.29) is 23.3 Å². The molecular formula is C17H22N2O3S. The summed E-state index contributed by atoms with van der Waals surface area (Å²) < 4.78 is 5.95. The molecule has 2 amide bonds. The van der Waals surface area contributed by atoms with Crippen LogP contribution in [0.15, 0.2) is 16.8 Å². The Morgan fingerprint density at radius 2 is 2.17 bits per heavy atom. The Kier molecular flexibility index (Phi) is 3.89. The fourth-order valence-electron chi connectivity index (χ4n) is 3.57. The van der Waals surface area contributed by atoms with Crippen molar-refractivity contribution in [1.82, 2.24) is 10.2 Å². The monoisotopic (exact) mass is 334 g/mol. The van der Waals surface area contributed by atoms with Gasteiger partial charge in [0.2, 0.25) is 5.91 Å². The van der Waals surface area contributed by atoms with Gasteiger partial charge in [0, 0.05) is 18.3 Å². The summed E-state index contributed by atoms with van der Waals surface area (Å²) in [4.78, 5) is 26.0. The van der Waals surface area contributed by atoms with Crippen molar-refractivity contribution in [2.75, 3.05) is 26.2 Å².